The molecule has 0 fully saturated rings. The smallest absolute Gasteiger partial charge is 0.184 e. The lowest BCUT2D eigenvalue weighted by molar-refractivity contribution is 1.03. The van der Waals surface area contributed by atoms with Crippen LogP contribution in [0.25, 0.3) is 0 Å². The maximum absolute atomic E-state index is 5.23. The molecule has 0 aliphatic heterocycles. The molecule has 3 N–H and O–H groups in total. The second kappa shape index (κ2) is 4.57. The number of nitrogens with one attached hydrogen (secondary N) is 1. The molecule has 1 aromatic carbocycles. The Morgan fingerprint density at radius 2 is 2.00 bits per heavy atom. The minimum Gasteiger partial charge on any atom is -0.375 e. The van der Waals surface area contributed by atoms with Crippen LogP contribution in [0.1, 0.15) is 12.5 Å². The average molecular weight is 193 g/mol. The maximum atomic E-state index is 5.23. The standard InChI is InChI=1S/C9H11N3S/c1-7(11-12-9(10)13)8-5-3-2-4-6-8/h2-6H,1H3,(H3,10,12,13)/b11-7-. The summed E-state index contributed by atoms with van der Waals surface area (Å²) in [6, 6.07) is 9.81. The zero-order chi connectivity index (χ0) is 9.68. The van der Waals surface area contributed by atoms with E-state index in [9.17, 15) is 0 Å². The summed E-state index contributed by atoms with van der Waals surface area (Å²) < 4.78 is 0. The van der Waals surface area contributed by atoms with Gasteiger partial charge in [-0.05, 0) is 24.7 Å². The molecule has 0 aliphatic carbocycles. The van der Waals surface area contributed by atoms with Crippen LogP contribution < -0.4 is 11.2 Å². The van der Waals surface area contributed by atoms with Gasteiger partial charge in [-0.15, -0.1) is 0 Å². The Hall–Kier alpha value is -1.42. The van der Waals surface area contributed by atoms with Gasteiger partial charge in [-0.25, -0.2) is 0 Å². The Morgan fingerprint density at radius 1 is 1.38 bits per heavy atom. The van der Waals surface area contributed by atoms with Crippen LogP contribution in [0.15, 0.2) is 35.4 Å². The van der Waals surface area contributed by atoms with E-state index in [0.29, 0.717) is 0 Å². The van der Waals surface area contributed by atoms with Crippen LogP contribution in [-0.2, 0) is 0 Å². The van der Waals surface area contributed by atoms with Crippen LogP contribution in [0.3, 0.4) is 0 Å². The lowest BCUT2D eigenvalue weighted by Gasteiger charge is -2.00. The first kappa shape index (κ1) is 9.67. The molecule has 0 unspecified atom stereocenters. The molecule has 1 rings (SSSR count). The maximum Gasteiger partial charge on any atom is 0.184 e. The van der Waals surface area contributed by atoms with Crippen molar-refractivity contribution in [3.8, 4) is 0 Å². The summed E-state index contributed by atoms with van der Waals surface area (Å²) in [5.41, 5.74) is 9.68. The van der Waals surface area contributed by atoms with E-state index in [1.54, 1.807) is 0 Å². The first-order valence-electron chi connectivity index (χ1n) is 3.85. The van der Waals surface area contributed by atoms with Crippen molar-refractivity contribution in [1.82, 2.24) is 5.43 Å². The van der Waals surface area contributed by atoms with Gasteiger partial charge in [0.15, 0.2) is 5.11 Å². The van der Waals surface area contributed by atoms with E-state index in [1.807, 2.05) is 37.3 Å². The fourth-order valence-electron chi connectivity index (χ4n) is 0.883. The van der Waals surface area contributed by atoms with Crippen molar-refractivity contribution in [3.63, 3.8) is 0 Å². The highest BCUT2D eigenvalue weighted by molar-refractivity contribution is 7.80. The third-order valence-electron chi connectivity index (χ3n) is 1.53. The lowest BCUT2D eigenvalue weighted by atomic mass is 10.1. The van der Waals surface area contributed by atoms with Gasteiger partial charge in [0.25, 0.3) is 0 Å². The number of nitrogens with two attached hydrogens (primary N) is 1. The van der Waals surface area contributed by atoms with Gasteiger partial charge in [-0.2, -0.15) is 5.10 Å². The van der Waals surface area contributed by atoms with Crippen LogP contribution in [-0.4, -0.2) is 10.8 Å². The number of thiocarbonyl (C=S) groups is 1. The largest absolute Gasteiger partial charge is 0.375 e. The van der Waals surface area contributed by atoms with E-state index in [1.165, 1.54) is 0 Å². The minimum absolute atomic E-state index is 0.176. The van der Waals surface area contributed by atoms with E-state index >= 15 is 0 Å². The van der Waals surface area contributed by atoms with Crippen molar-refractivity contribution >= 4 is 23.0 Å². The van der Waals surface area contributed by atoms with Gasteiger partial charge in [0.2, 0.25) is 0 Å². The molecule has 0 aliphatic rings. The molecule has 0 spiro atoms. The highest BCUT2D eigenvalue weighted by Crippen LogP contribution is 1.99. The quantitative estimate of drug-likeness (QED) is 0.422. The summed E-state index contributed by atoms with van der Waals surface area (Å²) in [7, 11) is 0. The third-order valence-corrected chi connectivity index (χ3v) is 1.62. The summed E-state index contributed by atoms with van der Waals surface area (Å²) >= 11 is 4.62. The van der Waals surface area contributed by atoms with E-state index in [4.69, 9.17) is 5.73 Å². The van der Waals surface area contributed by atoms with Crippen molar-refractivity contribution < 1.29 is 0 Å². The zero-order valence-corrected chi connectivity index (χ0v) is 8.14. The molecule has 3 nitrogen and oxygen atoms in total. The predicted octanol–water partition coefficient (Wildman–Crippen LogP) is 1.24. The fraction of sp³-hybridized carbons (Fsp3) is 0.111. The molecule has 0 aromatic heterocycles. The number of hydrazone groups is 1. The molecule has 0 atom stereocenters. The van der Waals surface area contributed by atoms with Gasteiger partial charge in [-0.1, -0.05) is 30.3 Å². The third kappa shape index (κ3) is 3.21. The van der Waals surface area contributed by atoms with Crippen molar-refractivity contribution in [3.05, 3.63) is 35.9 Å². The summed E-state index contributed by atoms with van der Waals surface area (Å²) in [5.74, 6) is 0. The first-order valence-corrected chi connectivity index (χ1v) is 4.26. The van der Waals surface area contributed by atoms with Gasteiger partial charge in [0, 0.05) is 0 Å². The molecule has 0 saturated carbocycles. The Labute approximate surface area is 82.6 Å². The Kier molecular flexibility index (Phi) is 3.40. The van der Waals surface area contributed by atoms with Gasteiger partial charge >= 0.3 is 0 Å². The van der Waals surface area contributed by atoms with E-state index in [0.717, 1.165) is 11.3 Å². The number of benzene rings is 1. The highest BCUT2D eigenvalue weighted by Gasteiger charge is 1.94. The minimum atomic E-state index is 0.176. The molecule has 0 radical (unpaired) electrons. The fourth-order valence-corrected chi connectivity index (χ4v) is 0.928. The molecule has 13 heavy (non-hydrogen) atoms. The summed E-state index contributed by atoms with van der Waals surface area (Å²) in [6.45, 7) is 1.89. The van der Waals surface area contributed by atoms with E-state index in [-0.39, 0.29) is 5.11 Å². The van der Waals surface area contributed by atoms with Crippen molar-refractivity contribution in [2.24, 2.45) is 10.8 Å². The van der Waals surface area contributed by atoms with Crippen molar-refractivity contribution in [2.45, 2.75) is 6.92 Å². The van der Waals surface area contributed by atoms with Gasteiger partial charge in [-0.3, -0.25) is 5.43 Å². The molecule has 1 aromatic rings. The molecule has 0 bridgehead atoms. The first-order chi connectivity index (χ1) is 6.20. The Balaban J connectivity index is 2.73. The van der Waals surface area contributed by atoms with Crippen LogP contribution in [0.2, 0.25) is 0 Å². The van der Waals surface area contributed by atoms with Crippen LogP contribution >= 0.6 is 12.2 Å². The van der Waals surface area contributed by atoms with E-state index < -0.39 is 0 Å². The lowest BCUT2D eigenvalue weighted by Crippen LogP contribution is -2.25. The molecular formula is C9H11N3S. The van der Waals surface area contributed by atoms with Crippen LogP contribution in [0.5, 0.6) is 0 Å². The van der Waals surface area contributed by atoms with Crippen molar-refractivity contribution in [1.29, 1.82) is 0 Å². The number of nitrogens with zero attached hydrogens (tertiary/aromatic N) is 1. The molecule has 4 heteroatoms. The van der Waals surface area contributed by atoms with Gasteiger partial charge in [0.1, 0.15) is 0 Å². The number of rotatable bonds is 2. The topological polar surface area (TPSA) is 50.4 Å². The molecule has 0 saturated heterocycles. The molecule has 0 amide bonds. The van der Waals surface area contributed by atoms with Crippen LogP contribution in [0.4, 0.5) is 0 Å². The number of hydrogen-bond acceptors (Lipinski definition) is 2. The second-order valence-electron chi connectivity index (χ2n) is 2.54. The Morgan fingerprint density at radius 3 is 2.54 bits per heavy atom. The Bertz CT molecular complexity index is 319. The van der Waals surface area contributed by atoms with Gasteiger partial charge in [0.05, 0.1) is 5.71 Å². The highest BCUT2D eigenvalue weighted by atomic mass is 32.1. The van der Waals surface area contributed by atoms with Gasteiger partial charge < -0.3 is 5.73 Å². The summed E-state index contributed by atoms with van der Waals surface area (Å²) in [4.78, 5) is 0. The van der Waals surface area contributed by atoms with Crippen molar-refractivity contribution in [2.75, 3.05) is 0 Å². The number of hydrogen-bond donors (Lipinski definition) is 2. The van der Waals surface area contributed by atoms with E-state index in [2.05, 4.69) is 22.7 Å². The van der Waals surface area contributed by atoms with Crippen LogP contribution in [0, 0.1) is 0 Å². The summed E-state index contributed by atoms with van der Waals surface area (Å²) in [5, 5.41) is 4.17. The zero-order valence-electron chi connectivity index (χ0n) is 7.32. The molecule has 0 heterocycles. The normalized spacial score (nSPS) is 11.0. The molecular weight excluding hydrogens is 182 g/mol. The summed E-state index contributed by atoms with van der Waals surface area (Å²) in [6.07, 6.45) is 0. The monoisotopic (exact) mass is 193 g/mol. The molecule has 68 valence electrons. The average Bonchev–Trinajstić information content (AvgIpc) is 2.15. The SMILES string of the molecule is C/C(=N/NC(N)=S)c1ccccc1. The second-order valence-corrected chi connectivity index (χ2v) is 2.98. The predicted molar refractivity (Wildman–Crippen MR) is 58.6 cm³/mol.